The molecule has 0 aliphatic rings. The molecular formula is C13H13NO5. The minimum Gasteiger partial charge on any atom is -0.469 e. The summed E-state index contributed by atoms with van der Waals surface area (Å²) in [6.07, 6.45) is 2.91. The van der Waals surface area contributed by atoms with Gasteiger partial charge in [-0.1, -0.05) is 0 Å². The molecule has 0 saturated heterocycles. The van der Waals surface area contributed by atoms with E-state index in [2.05, 4.69) is 5.32 Å². The molecule has 0 atom stereocenters. The van der Waals surface area contributed by atoms with E-state index in [4.69, 9.17) is 13.6 Å². The summed E-state index contributed by atoms with van der Waals surface area (Å²) in [6.45, 7) is 1.56. The number of nitrogens with one attached hydrogen (secondary N) is 1. The highest BCUT2D eigenvalue weighted by atomic mass is 16.5. The van der Waals surface area contributed by atoms with E-state index in [1.54, 1.807) is 19.1 Å². The summed E-state index contributed by atoms with van der Waals surface area (Å²) in [5, 5.41) is 2.57. The Morgan fingerprint density at radius 1 is 1.26 bits per heavy atom. The Labute approximate surface area is 109 Å². The number of amides is 1. The summed E-state index contributed by atoms with van der Waals surface area (Å²) in [6, 6.07) is 4.96. The van der Waals surface area contributed by atoms with Crippen molar-refractivity contribution in [2.75, 3.05) is 6.61 Å². The van der Waals surface area contributed by atoms with Crippen LogP contribution in [0, 0.1) is 6.92 Å². The van der Waals surface area contributed by atoms with E-state index >= 15 is 0 Å². The number of rotatable bonds is 5. The summed E-state index contributed by atoms with van der Waals surface area (Å²) >= 11 is 0. The van der Waals surface area contributed by atoms with Gasteiger partial charge >= 0.3 is 5.97 Å². The van der Waals surface area contributed by atoms with Crippen LogP contribution < -0.4 is 5.32 Å². The van der Waals surface area contributed by atoms with Gasteiger partial charge in [0.05, 0.1) is 19.1 Å². The first-order valence-corrected chi connectivity index (χ1v) is 5.67. The van der Waals surface area contributed by atoms with E-state index in [1.807, 2.05) is 0 Å². The number of furan rings is 2. The molecule has 0 bridgehead atoms. The zero-order valence-electron chi connectivity index (χ0n) is 10.3. The smallest absolute Gasteiger partial charge is 0.342 e. The molecule has 0 aliphatic carbocycles. The molecule has 1 N–H and O–H groups in total. The monoisotopic (exact) mass is 263 g/mol. The standard InChI is InChI=1S/C13H13NO5/c1-9-11(4-6-17-9)13(16)19-8-12(15)14-7-10-3-2-5-18-10/h2-6H,7-8H2,1H3,(H,14,15). The highest BCUT2D eigenvalue weighted by Crippen LogP contribution is 2.09. The van der Waals surface area contributed by atoms with Crippen LogP contribution in [-0.2, 0) is 16.1 Å². The second kappa shape index (κ2) is 5.90. The van der Waals surface area contributed by atoms with Crippen molar-refractivity contribution in [2.24, 2.45) is 0 Å². The van der Waals surface area contributed by atoms with Gasteiger partial charge in [0.2, 0.25) is 0 Å². The lowest BCUT2D eigenvalue weighted by Crippen LogP contribution is -2.28. The van der Waals surface area contributed by atoms with Crippen LogP contribution in [0.1, 0.15) is 21.9 Å². The maximum absolute atomic E-state index is 11.6. The number of hydrogen-bond acceptors (Lipinski definition) is 5. The van der Waals surface area contributed by atoms with Crippen LogP contribution in [0.3, 0.4) is 0 Å². The van der Waals surface area contributed by atoms with Crippen molar-refractivity contribution in [3.05, 3.63) is 47.8 Å². The molecule has 2 heterocycles. The van der Waals surface area contributed by atoms with Crippen LogP contribution in [0.15, 0.2) is 39.6 Å². The van der Waals surface area contributed by atoms with Gasteiger partial charge in [-0.25, -0.2) is 4.79 Å². The highest BCUT2D eigenvalue weighted by molar-refractivity contribution is 5.92. The lowest BCUT2D eigenvalue weighted by Gasteiger charge is -2.04. The third kappa shape index (κ3) is 3.48. The quantitative estimate of drug-likeness (QED) is 0.829. The second-order valence-corrected chi connectivity index (χ2v) is 3.82. The van der Waals surface area contributed by atoms with Crippen LogP contribution in [-0.4, -0.2) is 18.5 Å². The Balaban J connectivity index is 1.74. The number of esters is 1. The van der Waals surface area contributed by atoms with E-state index in [1.165, 1.54) is 18.6 Å². The normalized spacial score (nSPS) is 10.2. The molecule has 6 nitrogen and oxygen atoms in total. The highest BCUT2D eigenvalue weighted by Gasteiger charge is 2.14. The summed E-state index contributed by atoms with van der Waals surface area (Å²) in [5.41, 5.74) is 0.318. The van der Waals surface area contributed by atoms with Crippen LogP contribution in [0.25, 0.3) is 0 Å². The number of hydrogen-bond donors (Lipinski definition) is 1. The number of carbonyl (C=O) groups excluding carboxylic acids is 2. The largest absolute Gasteiger partial charge is 0.469 e. The number of ether oxygens (including phenoxy) is 1. The van der Waals surface area contributed by atoms with Crippen LogP contribution >= 0.6 is 0 Å². The van der Waals surface area contributed by atoms with Crippen LogP contribution in [0.4, 0.5) is 0 Å². The molecule has 0 spiro atoms. The van der Waals surface area contributed by atoms with E-state index < -0.39 is 11.9 Å². The lowest BCUT2D eigenvalue weighted by molar-refractivity contribution is -0.124. The van der Waals surface area contributed by atoms with Gasteiger partial charge in [0.25, 0.3) is 5.91 Å². The SMILES string of the molecule is Cc1occc1C(=O)OCC(=O)NCc1ccco1. The van der Waals surface area contributed by atoms with Crippen molar-refractivity contribution >= 4 is 11.9 Å². The van der Waals surface area contributed by atoms with Gasteiger partial charge in [-0.2, -0.15) is 0 Å². The molecular weight excluding hydrogens is 250 g/mol. The molecule has 0 fully saturated rings. The summed E-state index contributed by atoms with van der Waals surface area (Å²) in [4.78, 5) is 23.0. The van der Waals surface area contributed by atoms with Gasteiger partial charge in [-0.3, -0.25) is 4.79 Å². The Bertz CT molecular complexity index is 555. The molecule has 1 amide bonds. The van der Waals surface area contributed by atoms with E-state index in [9.17, 15) is 9.59 Å². The minimum absolute atomic E-state index is 0.258. The Kier molecular flexibility index (Phi) is 4.02. The van der Waals surface area contributed by atoms with Gasteiger partial charge in [0.1, 0.15) is 17.1 Å². The molecule has 0 radical (unpaired) electrons. The van der Waals surface area contributed by atoms with E-state index in [0.717, 1.165) is 0 Å². The fourth-order valence-corrected chi connectivity index (χ4v) is 1.46. The minimum atomic E-state index is -0.584. The Hall–Kier alpha value is -2.50. The third-order valence-electron chi connectivity index (χ3n) is 2.45. The molecule has 0 aromatic carbocycles. The first kappa shape index (κ1) is 12.9. The van der Waals surface area contributed by atoms with Gasteiger partial charge in [0, 0.05) is 0 Å². The van der Waals surface area contributed by atoms with Crippen molar-refractivity contribution in [2.45, 2.75) is 13.5 Å². The van der Waals surface area contributed by atoms with Crippen LogP contribution in [0.2, 0.25) is 0 Å². The molecule has 2 rings (SSSR count). The number of aryl methyl sites for hydroxylation is 1. The maximum atomic E-state index is 11.6. The number of carbonyl (C=O) groups is 2. The predicted octanol–water partition coefficient (Wildman–Crippen LogP) is 1.65. The summed E-state index contributed by atoms with van der Waals surface area (Å²) < 4.78 is 14.9. The Morgan fingerprint density at radius 2 is 2.11 bits per heavy atom. The maximum Gasteiger partial charge on any atom is 0.342 e. The first-order chi connectivity index (χ1) is 9.16. The molecule has 2 aromatic heterocycles. The molecule has 6 heteroatoms. The van der Waals surface area contributed by atoms with E-state index in [-0.39, 0.29) is 13.2 Å². The fraction of sp³-hybridized carbons (Fsp3) is 0.231. The molecule has 0 saturated carbocycles. The summed E-state index contributed by atoms with van der Waals surface area (Å²) in [7, 11) is 0. The molecule has 0 unspecified atom stereocenters. The molecule has 0 aliphatic heterocycles. The topological polar surface area (TPSA) is 81.7 Å². The van der Waals surface area contributed by atoms with Crippen LogP contribution in [0.5, 0.6) is 0 Å². The van der Waals surface area contributed by atoms with Crippen molar-refractivity contribution in [1.29, 1.82) is 0 Å². The lowest BCUT2D eigenvalue weighted by atomic mass is 10.3. The fourth-order valence-electron chi connectivity index (χ4n) is 1.46. The average Bonchev–Trinajstić information content (AvgIpc) is 3.04. The van der Waals surface area contributed by atoms with Gasteiger partial charge in [0.15, 0.2) is 6.61 Å². The van der Waals surface area contributed by atoms with Gasteiger partial charge < -0.3 is 18.9 Å². The van der Waals surface area contributed by atoms with Crippen molar-refractivity contribution < 1.29 is 23.2 Å². The average molecular weight is 263 g/mol. The van der Waals surface area contributed by atoms with E-state index in [0.29, 0.717) is 17.1 Å². The Morgan fingerprint density at radius 3 is 2.74 bits per heavy atom. The van der Waals surface area contributed by atoms with Gasteiger partial charge in [-0.15, -0.1) is 0 Å². The molecule has 2 aromatic rings. The van der Waals surface area contributed by atoms with Crippen molar-refractivity contribution in [1.82, 2.24) is 5.32 Å². The van der Waals surface area contributed by atoms with Crippen molar-refractivity contribution in [3.63, 3.8) is 0 Å². The predicted molar refractivity (Wildman–Crippen MR) is 64.3 cm³/mol. The summed E-state index contributed by atoms with van der Waals surface area (Å²) in [5.74, 6) is 0.108. The molecule has 19 heavy (non-hydrogen) atoms. The van der Waals surface area contributed by atoms with Crippen molar-refractivity contribution in [3.8, 4) is 0 Å². The zero-order chi connectivity index (χ0) is 13.7. The second-order valence-electron chi connectivity index (χ2n) is 3.82. The third-order valence-corrected chi connectivity index (χ3v) is 2.45. The zero-order valence-corrected chi connectivity index (χ0v) is 10.3. The molecule has 100 valence electrons. The van der Waals surface area contributed by atoms with Gasteiger partial charge in [-0.05, 0) is 25.1 Å². The first-order valence-electron chi connectivity index (χ1n) is 5.67.